The number of nitriles is 1. The van der Waals surface area contributed by atoms with Crippen molar-refractivity contribution in [2.75, 3.05) is 0 Å². The molecule has 2 unspecified atom stereocenters. The molecule has 5 nitrogen and oxygen atoms in total. The predicted octanol–water partition coefficient (Wildman–Crippen LogP) is 4.38. The standard InChI is InChI=1S/C24H24FN3O2/c1-16-22-20(14-29-23(2,3)30-22)19(12-27-16)13-28-24(15-26)10-9-18(11-21(24)25)17-7-5-4-6-8-17/h4-12,21,28H,13-14H2,1-3H3. The molecular formula is C24H24FN3O2. The highest BCUT2D eigenvalue weighted by molar-refractivity contribution is 5.76. The fraction of sp³-hybridized carbons (Fsp3) is 0.333. The number of aryl methyl sites for hydroxylation is 1. The average molecular weight is 405 g/mol. The zero-order valence-electron chi connectivity index (χ0n) is 17.3. The Morgan fingerprint density at radius 3 is 2.77 bits per heavy atom. The molecule has 2 atom stereocenters. The van der Waals surface area contributed by atoms with Gasteiger partial charge < -0.3 is 9.47 Å². The third kappa shape index (κ3) is 3.74. The minimum absolute atomic E-state index is 0.260. The number of alkyl halides is 1. The summed E-state index contributed by atoms with van der Waals surface area (Å²) in [5.41, 5.74) is 2.69. The fourth-order valence-corrected chi connectivity index (χ4v) is 3.66. The minimum atomic E-state index is -1.50. The Kier molecular flexibility index (Phi) is 5.19. The summed E-state index contributed by atoms with van der Waals surface area (Å²) in [4.78, 5) is 4.41. The van der Waals surface area contributed by atoms with E-state index in [0.717, 1.165) is 28.0 Å². The molecule has 2 heterocycles. The van der Waals surface area contributed by atoms with Gasteiger partial charge in [0, 0.05) is 32.2 Å². The number of benzene rings is 1. The molecule has 2 aliphatic rings. The molecule has 1 aliphatic heterocycles. The first-order valence-corrected chi connectivity index (χ1v) is 9.91. The molecule has 6 heteroatoms. The highest BCUT2D eigenvalue weighted by atomic mass is 19.1. The van der Waals surface area contributed by atoms with Crippen LogP contribution >= 0.6 is 0 Å². The van der Waals surface area contributed by atoms with E-state index >= 15 is 4.39 Å². The zero-order valence-corrected chi connectivity index (χ0v) is 17.3. The Morgan fingerprint density at radius 2 is 2.07 bits per heavy atom. The number of fused-ring (bicyclic) bond motifs is 1. The molecule has 0 saturated carbocycles. The van der Waals surface area contributed by atoms with E-state index in [9.17, 15) is 5.26 Å². The quantitative estimate of drug-likeness (QED) is 0.818. The molecule has 1 aliphatic carbocycles. The molecule has 0 spiro atoms. The van der Waals surface area contributed by atoms with Crippen molar-refractivity contribution in [3.8, 4) is 11.8 Å². The zero-order chi connectivity index (χ0) is 21.4. The number of nitrogens with one attached hydrogen (secondary N) is 1. The molecule has 0 amide bonds. The lowest BCUT2D eigenvalue weighted by Crippen LogP contribution is -2.50. The van der Waals surface area contributed by atoms with Crippen molar-refractivity contribution in [2.45, 2.75) is 51.4 Å². The molecule has 1 aromatic carbocycles. The van der Waals surface area contributed by atoms with Crippen LogP contribution in [0.25, 0.3) is 5.57 Å². The van der Waals surface area contributed by atoms with Crippen LogP contribution < -0.4 is 10.1 Å². The summed E-state index contributed by atoms with van der Waals surface area (Å²) >= 11 is 0. The summed E-state index contributed by atoms with van der Waals surface area (Å²) in [7, 11) is 0. The van der Waals surface area contributed by atoms with E-state index in [-0.39, 0.29) is 6.54 Å². The number of hydrogen-bond donors (Lipinski definition) is 1. The smallest absolute Gasteiger partial charge is 0.205 e. The van der Waals surface area contributed by atoms with Gasteiger partial charge in [0.05, 0.1) is 18.4 Å². The summed E-state index contributed by atoms with van der Waals surface area (Å²) in [5, 5.41) is 12.9. The van der Waals surface area contributed by atoms with Crippen LogP contribution in [0.2, 0.25) is 0 Å². The molecule has 30 heavy (non-hydrogen) atoms. The molecule has 0 fully saturated rings. The number of allylic oxidation sites excluding steroid dienone is 2. The minimum Gasteiger partial charge on any atom is -0.461 e. The number of pyridine rings is 1. The van der Waals surface area contributed by atoms with E-state index in [0.29, 0.717) is 12.4 Å². The second-order valence-corrected chi connectivity index (χ2v) is 8.02. The van der Waals surface area contributed by atoms with Gasteiger partial charge >= 0.3 is 0 Å². The van der Waals surface area contributed by atoms with Crippen molar-refractivity contribution in [3.05, 3.63) is 77.1 Å². The number of halogens is 1. The maximum Gasteiger partial charge on any atom is 0.205 e. The SMILES string of the molecule is Cc1ncc(CNC2(C#N)C=CC(c3ccccc3)=CC2F)c2c1OC(C)(C)OC2. The fourth-order valence-electron chi connectivity index (χ4n) is 3.66. The van der Waals surface area contributed by atoms with Crippen molar-refractivity contribution in [1.29, 1.82) is 5.26 Å². The number of ether oxygens (including phenoxy) is 2. The van der Waals surface area contributed by atoms with Gasteiger partial charge in [-0.05, 0) is 35.8 Å². The second kappa shape index (κ2) is 7.67. The van der Waals surface area contributed by atoms with E-state index in [4.69, 9.17) is 9.47 Å². The summed E-state index contributed by atoms with van der Waals surface area (Å²) < 4.78 is 26.9. The Balaban J connectivity index is 1.56. The first-order chi connectivity index (χ1) is 14.3. The van der Waals surface area contributed by atoms with Crippen LogP contribution in [-0.4, -0.2) is 22.5 Å². The van der Waals surface area contributed by atoms with Crippen molar-refractivity contribution in [1.82, 2.24) is 10.3 Å². The molecule has 2 aromatic rings. The molecule has 4 rings (SSSR count). The lowest BCUT2D eigenvalue weighted by atomic mass is 9.86. The Bertz CT molecular complexity index is 1060. The summed E-state index contributed by atoms with van der Waals surface area (Å²) in [6.45, 7) is 6.21. The largest absolute Gasteiger partial charge is 0.461 e. The van der Waals surface area contributed by atoms with Gasteiger partial charge in [0.2, 0.25) is 5.79 Å². The lowest BCUT2D eigenvalue weighted by molar-refractivity contribution is -0.180. The number of rotatable bonds is 4. The van der Waals surface area contributed by atoms with Gasteiger partial charge in [0.1, 0.15) is 5.75 Å². The Morgan fingerprint density at radius 1 is 1.30 bits per heavy atom. The highest BCUT2D eigenvalue weighted by Gasteiger charge is 2.39. The van der Waals surface area contributed by atoms with Crippen LogP contribution in [0.4, 0.5) is 4.39 Å². The monoisotopic (exact) mass is 405 g/mol. The van der Waals surface area contributed by atoms with Crippen molar-refractivity contribution < 1.29 is 13.9 Å². The van der Waals surface area contributed by atoms with Crippen LogP contribution in [0.5, 0.6) is 5.75 Å². The van der Waals surface area contributed by atoms with E-state index in [1.54, 1.807) is 18.3 Å². The van der Waals surface area contributed by atoms with Gasteiger partial charge in [-0.3, -0.25) is 10.3 Å². The van der Waals surface area contributed by atoms with Crippen molar-refractivity contribution >= 4 is 5.57 Å². The lowest BCUT2D eigenvalue weighted by Gasteiger charge is -2.35. The van der Waals surface area contributed by atoms with Gasteiger partial charge in [-0.1, -0.05) is 36.4 Å². The molecule has 0 saturated heterocycles. The van der Waals surface area contributed by atoms with E-state index < -0.39 is 17.5 Å². The molecule has 0 radical (unpaired) electrons. The molecule has 1 aromatic heterocycles. The molecule has 0 bridgehead atoms. The van der Waals surface area contributed by atoms with Crippen molar-refractivity contribution in [2.24, 2.45) is 0 Å². The Labute approximate surface area is 175 Å². The molecule has 1 N–H and O–H groups in total. The van der Waals surface area contributed by atoms with Gasteiger partial charge in [0.15, 0.2) is 11.7 Å². The van der Waals surface area contributed by atoms with Crippen LogP contribution in [0.3, 0.4) is 0 Å². The molecule has 154 valence electrons. The third-order valence-corrected chi connectivity index (χ3v) is 5.47. The highest BCUT2D eigenvalue weighted by Crippen LogP contribution is 2.36. The first-order valence-electron chi connectivity index (χ1n) is 9.91. The predicted molar refractivity (Wildman–Crippen MR) is 112 cm³/mol. The third-order valence-electron chi connectivity index (χ3n) is 5.47. The average Bonchev–Trinajstić information content (AvgIpc) is 2.74. The van der Waals surface area contributed by atoms with Gasteiger partial charge in [-0.2, -0.15) is 5.26 Å². The van der Waals surface area contributed by atoms with Crippen LogP contribution in [0.1, 0.15) is 36.2 Å². The Hall–Kier alpha value is -3.01. The molecular weight excluding hydrogens is 381 g/mol. The van der Waals surface area contributed by atoms with Crippen LogP contribution in [0, 0.1) is 18.3 Å². The number of nitrogens with zero attached hydrogens (tertiary/aromatic N) is 2. The second-order valence-electron chi connectivity index (χ2n) is 8.02. The summed E-state index contributed by atoms with van der Waals surface area (Å²) in [6.07, 6.45) is 5.11. The number of aromatic nitrogens is 1. The number of hydrogen-bond acceptors (Lipinski definition) is 5. The first kappa shape index (κ1) is 20.3. The topological polar surface area (TPSA) is 67.2 Å². The van der Waals surface area contributed by atoms with Gasteiger partial charge in [0.25, 0.3) is 0 Å². The maximum atomic E-state index is 15.2. The van der Waals surface area contributed by atoms with E-state index in [1.165, 1.54) is 6.08 Å². The van der Waals surface area contributed by atoms with Crippen LogP contribution in [0.15, 0.2) is 54.8 Å². The van der Waals surface area contributed by atoms with E-state index in [1.807, 2.05) is 51.1 Å². The van der Waals surface area contributed by atoms with Crippen LogP contribution in [-0.2, 0) is 17.9 Å². The maximum absolute atomic E-state index is 15.2. The van der Waals surface area contributed by atoms with Gasteiger partial charge in [-0.25, -0.2) is 4.39 Å². The van der Waals surface area contributed by atoms with E-state index in [2.05, 4.69) is 16.4 Å². The normalized spacial score (nSPS) is 24.4. The van der Waals surface area contributed by atoms with Gasteiger partial charge in [-0.15, -0.1) is 0 Å². The summed E-state index contributed by atoms with van der Waals surface area (Å²) in [5.74, 6) is -0.0347. The summed E-state index contributed by atoms with van der Waals surface area (Å²) in [6, 6.07) is 11.7. The van der Waals surface area contributed by atoms with Crippen molar-refractivity contribution in [3.63, 3.8) is 0 Å².